The van der Waals surface area contributed by atoms with Gasteiger partial charge in [-0.1, -0.05) is 0 Å². The molecule has 2 aliphatic rings. The van der Waals surface area contributed by atoms with Crippen molar-refractivity contribution >= 4 is 11.5 Å². The van der Waals surface area contributed by atoms with Crippen LogP contribution < -0.4 is 15.4 Å². The largest absolute Gasteiger partial charge is 0.471 e. The van der Waals surface area contributed by atoms with E-state index in [0.717, 1.165) is 55.7 Å². The quantitative estimate of drug-likeness (QED) is 0.810. The second-order valence-corrected chi connectivity index (χ2v) is 5.50. The lowest BCUT2D eigenvalue weighted by atomic mass is 10.0. The van der Waals surface area contributed by atoms with Gasteiger partial charge in [-0.25, -0.2) is 0 Å². The fraction of sp³-hybridized carbons (Fsp3) is 0.615. The molecule has 0 bridgehead atoms. The molecule has 2 N–H and O–H groups in total. The van der Waals surface area contributed by atoms with Gasteiger partial charge in [0.2, 0.25) is 5.88 Å². The monoisotopic (exact) mass is 249 g/mol. The standard InChI is InChI=1S/C13H19N3O2/c1-13(2)8-9-7-10(14)11(15-12(9)18-13)16-3-5-17-6-4-16/h7H,3-6,8,14H2,1-2H3. The molecule has 2 aliphatic heterocycles. The highest BCUT2D eigenvalue weighted by Gasteiger charge is 2.32. The van der Waals surface area contributed by atoms with E-state index >= 15 is 0 Å². The summed E-state index contributed by atoms with van der Waals surface area (Å²) in [6.07, 6.45) is 0.864. The molecule has 1 aromatic heterocycles. The second kappa shape index (κ2) is 4.02. The number of nitrogen functional groups attached to an aromatic ring is 1. The number of ether oxygens (including phenoxy) is 2. The molecule has 5 nitrogen and oxygen atoms in total. The topological polar surface area (TPSA) is 60.6 Å². The molecule has 5 heteroatoms. The Labute approximate surface area is 107 Å². The Balaban J connectivity index is 1.93. The molecule has 0 aliphatic carbocycles. The fourth-order valence-electron chi connectivity index (χ4n) is 2.55. The molecule has 0 saturated carbocycles. The van der Waals surface area contributed by atoms with Crippen molar-refractivity contribution in [2.45, 2.75) is 25.9 Å². The van der Waals surface area contributed by atoms with E-state index in [-0.39, 0.29) is 5.60 Å². The van der Waals surface area contributed by atoms with E-state index < -0.39 is 0 Å². The normalized spacial score (nSPS) is 21.6. The van der Waals surface area contributed by atoms with Crippen LogP contribution in [0.2, 0.25) is 0 Å². The number of aromatic nitrogens is 1. The second-order valence-electron chi connectivity index (χ2n) is 5.50. The van der Waals surface area contributed by atoms with Crippen LogP contribution in [-0.2, 0) is 11.2 Å². The highest BCUT2D eigenvalue weighted by Crippen LogP contribution is 2.37. The van der Waals surface area contributed by atoms with E-state index in [1.807, 2.05) is 6.07 Å². The Hall–Kier alpha value is -1.49. The van der Waals surface area contributed by atoms with Crippen molar-refractivity contribution in [1.82, 2.24) is 4.98 Å². The molecule has 98 valence electrons. The lowest BCUT2D eigenvalue weighted by molar-refractivity contribution is 0.121. The number of pyridine rings is 1. The van der Waals surface area contributed by atoms with Gasteiger partial charge >= 0.3 is 0 Å². The first-order chi connectivity index (χ1) is 8.55. The number of hydrogen-bond donors (Lipinski definition) is 1. The third kappa shape index (κ3) is 1.99. The zero-order valence-corrected chi connectivity index (χ0v) is 10.9. The number of hydrogen-bond acceptors (Lipinski definition) is 5. The third-order valence-corrected chi connectivity index (χ3v) is 3.37. The smallest absolute Gasteiger partial charge is 0.219 e. The summed E-state index contributed by atoms with van der Waals surface area (Å²) in [6.45, 7) is 7.26. The summed E-state index contributed by atoms with van der Waals surface area (Å²) in [5, 5.41) is 0. The lowest BCUT2D eigenvalue weighted by Gasteiger charge is -2.29. The molecule has 1 aromatic rings. The van der Waals surface area contributed by atoms with Crippen LogP contribution in [0.25, 0.3) is 0 Å². The maximum atomic E-state index is 6.11. The first-order valence-corrected chi connectivity index (χ1v) is 6.36. The third-order valence-electron chi connectivity index (χ3n) is 3.37. The molecular weight excluding hydrogens is 230 g/mol. The molecule has 1 saturated heterocycles. The number of nitrogens with two attached hydrogens (primary N) is 1. The minimum atomic E-state index is -0.175. The summed E-state index contributed by atoms with van der Waals surface area (Å²) in [5.41, 5.74) is 7.78. The van der Waals surface area contributed by atoms with Gasteiger partial charge in [-0.05, 0) is 19.9 Å². The average molecular weight is 249 g/mol. The van der Waals surface area contributed by atoms with Gasteiger partial charge in [0, 0.05) is 25.1 Å². The van der Waals surface area contributed by atoms with Crippen LogP contribution in [0, 0.1) is 0 Å². The van der Waals surface area contributed by atoms with Crippen molar-refractivity contribution in [3.05, 3.63) is 11.6 Å². The Morgan fingerprint density at radius 1 is 1.33 bits per heavy atom. The number of nitrogens with zero attached hydrogens (tertiary/aromatic N) is 2. The number of rotatable bonds is 1. The minimum absolute atomic E-state index is 0.175. The van der Waals surface area contributed by atoms with E-state index in [1.54, 1.807) is 0 Å². The van der Waals surface area contributed by atoms with E-state index in [0.29, 0.717) is 0 Å². The molecule has 0 aromatic carbocycles. The molecule has 0 amide bonds. The average Bonchev–Trinajstić information content (AvgIpc) is 2.62. The van der Waals surface area contributed by atoms with Crippen LogP contribution in [-0.4, -0.2) is 36.9 Å². The Morgan fingerprint density at radius 3 is 2.78 bits per heavy atom. The molecular formula is C13H19N3O2. The number of anilines is 2. The van der Waals surface area contributed by atoms with Crippen molar-refractivity contribution in [3.8, 4) is 5.88 Å². The van der Waals surface area contributed by atoms with E-state index in [9.17, 15) is 0 Å². The van der Waals surface area contributed by atoms with Crippen LogP contribution in [0.5, 0.6) is 5.88 Å². The van der Waals surface area contributed by atoms with Crippen molar-refractivity contribution in [3.63, 3.8) is 0 Å². The zero-order valence-electron chi connectivity index (χ0n) is 10.9. The molecule has 0 radical (unpaired) electrons. The number of morpholine rings is 1. The first-order valence-electron chi connectivity index (χ1n) is 6.36. The van der Waals surface area contributed by atoms with Crippen LogP contribution in [0.3, 0.4) is 0 Å². The van der Waals surface area contributed by atoms with Gasteiger partial charge in [0.15, 0.2) is 5.82 Å². The summed E-state index contributed by atoms with van der Waals surface area (Å²) in [4.78, 5) is 6.76. The maximum absolute atomic E-state index is 6.11. The molecule has 3 heterocycles. The maximum Gasteiger partial charge on any atom is 0.219 e. The van der Waals surface area contributed by atoms with Gasteiger partial charge in [-0.3, -0.25) is 0 Å². The number of fused-ring (bicyclic) bond motifs is 1. The summed E-state index contributed by atoms with van der Waals surface area (Å²) < 4.78 is 11.2. The predicted molar refractivity (Wildman–Crippen MR) is 70.1 cm³/mol. The SMILES string of the molecule is CC1(C)Cc2cc(N)c(N3CCOCC3)nc2O1. The molecule has 18 heavy (non-hydrogen) atoms. The van der Waals surface area contributed by atoms with Gasteiger partial charge in [-0.2, -0.15) is 4.98 Å². The summed E-state index contributed by atoms with van der Waals surface area (Å²) in [5.74, 6) is 1.56. The van der Waals surface area contributed by atoms with Gasteiger partial charge < -0.3 is 20.1 Å². The fourth-order valence-corrected chi connectivity index (χ4v) is 2.55. The summed E-state index contributed by atoms with van der Waals surface area (Å²) >= 11 is 0. The van der Waals surface area contributed by atoms with Crippen LogP contribution in [0.4, 0.5) is 11.5 Å². The van der Waals surface area contributed by atoms with Gasteiger partial charge in [0.1, 0.15) is 5.60 Å². The van der Waals surface area contributed by atoms with E-state index in [1.165, 1.54) is 0 Å². The van der Waals surface area contributed by atoms with Gasteiger partial charge in [-0.15, -0.1) is 0 Å². The Morgan fingerprint density at radius 2 is 2.06 bits per heavy atom. The molecule has 3 rings (SSSR count). The van der Waals surface area contributed by atoms with Crippen molar-refractivity contribution in [1.29, 1.82) is 0 Å². The van der Waals surface area contributed by atoms with Crippen molar-refractivity contribution in [2.75, 3.05) is 36.9 Å². The van der Waals surface area contributed by atoms with Gasteiger partial charge in [0.05, 0.1) is 18.9 Å². The zero-order chi connectivity index (χ0) is 12.8. The molecule has 0 unspecified atom stereocenters. The first kappa shape index (κ1) is 11.6. The molecule has 1 fully saturated rings. The minimum Gasteiger partial charge on any atom is -0.471 e. The van der Waals surface area contributed by atoms with Gasteiger partial charge in [0.25, 0.3) is 0 Å². The van der Waals surface area contributed by atoms with Crippen molar-refractivity contribution in [2.24, 2.45) is 0 Å². The van der Waals surface area contributed by atoms with Crippen LogP contribution in [0.15, 0.2) is 6.07 Å². The van der Waals surface area contributed by atoms with E-state index in [2.05, 4.69) is 23.7 Å². The lowest BCUT2D eigenvalue weighted by Crippen LogP contribution is -2.37. The Kier molecular flexibility index (Phi) is 2.59. The Bertz CT molecular complexity index is 468. The molecule has 0 spiro atoms. The van der Waals surface area contributed by atoms with Crippen LogP contribution in [0.1, 0.15) is 19.4 Å². The molecule has 0 atom stereocenters. The van der Waals surface area contributed by atoms with Crippen LogP contribution >= 0.6 is 0 Å². The highest BCUT2D eigenvalue weighted by atomic mass is 16.5. The van der Waals surface area contributed by atoms with Crippen molar-refractivity contribution < 1.29 is 9.47 Å². The highest BCUT2D eigenvalue weighted by molar-refractivity contribution is 5.66. The predicted octanol–water partition coefficient (Wildman–Crippen LogP) is 1.21. The van der Waals surface area contributed by atoms with E-state index in [4.69, 9.17) is 15.2 Å². The summed E-state index contributed by atoms with van der Waals surface area (Å²) in [7, 11) is 0. The summed E-state index contributed by atoms with van der Waals surface area (Å²) in [6, 6.07) is 2.00.